The first kappa shape index (κ1) is 17.6. The van der Waals surface area contributed by atoms with Crippen molar-refractivity contribution in [1.29, 1.82) is 0 Å². The highest BCUT2D eigenvalue weighted by atomic mass is 127. The average molecular weight is 391 g/mol. The fourth-order valence-electron chi connectivity index (χ4n) is 2.01. The average Bonchev–Trinajstić information content (AvgIpc) is 2.41. The van der Waals surface area contributed by atoms with Crippen LogP contribution in [0, 0.1) is 3.57 Å². The van der Waals surface area contributed by atoms with Crippen LogP contribution in [0.4, 0.5) is 5.82 Å². The fraction of sp³-hybridized carbons (Fsp3) is 0.733. The van der Waals surface area contributed by atoms with Crippen molar-refractivity contribution in [3.63, 3.8) is 0 Å². The van der Waals surface area contributed by atoms with E-state index in [9.17, 15) is 0 Å². The molecule has 4 nitrogen and oxygen atoms in total. The third kappa shape index (κ3) is 3.81. The number of nitrogens with zero attached hydrogens (tertiary/aromatic N) is 2. The quantitative estimate of drug-likeness (QED) is 0.705. The summed E-state index contributed by atoms with van der Waals surface area (Å²) in [5.74, 6) is 2.06. The van der Waals surface area contributed by atoms with E-state index in [2.05, 4.69) is 62.5 Å². The fourth-order valence-corrected chi connectivity index (χ4v) is 3.07. The summed E-state index contributed by atoms with van der Waals surface area (Å²) in [6.07, 6.45) is 0.852. The summed E-state index contributed by atoms with van der Waals surface area (Å²) >= 11 is 2.33. The van der Waals surface area contributed by atoms with Gasteiger partial charge in [0.2, 0.25) is 0 Å². The lowest BCUT2D eigenvalue weighted by Crippen LogP contribution is -2.29. The van der Waals surface area contributed by atoms with Crippen LogP contribution >= 0.6 is 22.6 Å². The van der Waals surface area contributed by atoms with Gasteiger partial charge in [-0.1, -0.05) is 20.8 Å². The topological polar surface area (TPSA) is 47.0 Å². The number of rotatable bonds is 7. The summed E-state index contributed by atoms with van der Waals surface area (Å²) in [7, 11) is 0. The minimum absolute atomic E-state index is 0.365. The van der Waals surface area contributed by atoms with Gasteiger partial charge in [-0.05, 0) is 55.7 Å². The van der Waals surface area contributed by atoms with Gasteiger partial charge in [-0.3, -0.25) is 0 Å². The van der Waals surface area contributed by atoms with Gasteiger partial charge in [-0.15, -0.1) is 0 Å². The molecular weight excluding hydrogens is 365 g/mol. The van der Waals surface area contributed by atoms with E-state index in [0.717, 1.165) is 33.9 Å². The Balaban J connectivity index is 3.39. The molecule has 0 aliphatic heterocycles. The molecule has 20 heavy (non-hydrogen) atoms. The molecule has 0 amide bonds. The van der Waals surface area contributed by atoms with Gasteiger partial charge >= 0.3 is 0 Å². The predicted octanol–water partition coefficient (Wildman–Crippen LogP) is 4.30. The summed E-state index contributed by atoms with van der Waals surface area (Å²) in [6, 6.07) is 0. The molecule has 0 aliphatic rings. The van der Waals surface area contributed by atoms with Crippen molar-refractivity contribution in [3.05, 3.63) is 15.1 Å². The molecule has 0 fully saturated rings. The Kier molecular flexibility index (Phi) is 6.64. The number of nitrogens with one attached hydrogen (secondary N) is 1. The Morgan fingerprint density at radius 3 is 2.35 bits per heavy atom. The van der Waals surface area contributed by atoms with E-state index in [4.69, 9.17) is 14.7 Å². The summed E-state index contributed by atoms with van der Waals surface area (Å²) in [6.45, 7) is 14.1. The van der Waals surface area contributed by atoms with Gasteiger partial charge in [0, 0.05) is 13.2 Å². The number of ether oxygens (including phenoxy) is 1. The first-order chi connectivity index (χ1) is 9.39. The molecule has 0 radical (unpaired) electrons. The van der Waals surface area contributed by atoms with Crippen LogP contribution in [0.3, 0.4) is 0 Å². The SMILES string of the molecule is CCNc1nc(C(C)(CC)OCC)nc(C(C)C)c1I. The second kappa shape index (κ2) is 7.54. The smallest absolute Gasteiger partial charge is 0.162 e. The van der Waals surface area contributed by atoms with E-state index < -0.39 is 5.60 Å². The lowest BCUT2D eigenvalue weighted by Gasteiger charge is -2.28. The molecule has 1 heterocycles. The van der Waals surface area contributed by atoms with Gasteiger partial charge in [-0.2, -0.15) is 0 Å². The van der Waals surface area contributed by atoms with Crippen molar-refractivity contribution >= 4 is 28.4 Å². The van der Waals surface area contributed by atoms with Crippen molar-refractivity contribution in [3.8, 4) is 0 Å². The summed E-state index contributed by atoms with van der Waals surface area (Å²) < 4.78 is 7.03. The van der Waals surface area contributed by atoms with E-state index in [-0.39, 0.29) is 0 Å². The molecule has 0 bridgehead atoms. The molecule has 1 unspecified atom stereocenters. The molecule has 1 aromatic rings. The van der Waals surface area contributed by atoms with E-state index in [1.165, 1.54) is 0 Å². The minimum Gasteiger partial charge on any atom is -0.369 e. The Bertz CT molecular complexity index is 451. The van der Waals surface area contributed by atoms with Crippen LogP contribution in [0.2, 0.25) is 0 Å². The maximum absolute atomic E-state index is 5.92. The largest absolute Gasteiger partial charge is 0.369 e. The Morgan fingerprint density at radius 2 is 1.90 bits per heavy atom. The van der Waals surface area contributed by atoms with Gasteiger partial charge in [-0.25, -0.2) is 9.97 Å². The molecular formula is C15H26IN3O. The van der Waals surface area contributed by atoms with Crippen molar-refractivity contribution < 1.29 is 4.74 Å². The molecule has 1 N–H and O–H groups in total. The van der Waals surface area contributed by atoms with Crippen LogP contribution in [0.25, 0.3) is 0 Å². The Hall–Kier alpha value is -0.430. The van der Waals surface area contributed by atoms with E-state index in [1.54, 1.807) is 0 Å². The van der Waals surface area contributed by atoms with E-state index in [0.29, 0.717) is 12.5 Å². The van der Waals surface area contributed by atoms with Crippen molar-refractivity contribution in [1.82, 2.24) is 9.97 Å². The van der Waals surface area contributed by atoms with Gasteiger partial charge in [0.15, 0.2) is 5.82 Å². The van der Waals surface area contributed by atoms with Crippen LogP contribution < -0.4 is 5.32 Å². The van der Waals surface area contributed by atoms with Gasteiger partial charge in [0.05, 0.1) is 9.26 Å². The standard InChI is InChI=1S/C15H26IN3O/c1-7-15(6,20-9-3)14-18-12(10(4)5)11(16)13(19-14)17-8-2/h10H,7-9H2,1-6H3,(H,17,18,19). The number of hydrogen-bond donors (Lipinski definition) is 1. The van der Waals surface area contributed by atoms with Crippen LogP contribution in [0.15, 0.2) is 0 Å². The summed E-state index contributed by atoms with van der Waals surface area (Å²) in [5, 5.41) is 3.34. The highest BCUT2D eigenvalue weighted by molar-refractivity contribution is 14.1. The Labute approximate surface area is 136 Å². The van der Waals surface area contributed by atoms with Crippen LogP contribution in [-0.2, 0) is 10.3 Å². The van der Waals surface area contributed by atoms with Crippen molar-refractivity contribution in [2.75, 3.05) is 18.5 Å². The van der Waals surface area contributed by atoms with Gasteiger partial charge in [0.25, 0.3) is 0 Å². The Morgan fingerprint density at radius 1 is 1.25 bits per heavy atom. The number of hydrogen-bond acceptors (Lipinski definition) is 4. The normalized spacial score (nSPS) is 14.4. The molecule has 5 heteroatoms. The zero-order valence-electron chi connectivity index (χ0n) is 13.4. The molecule has 0 spiro atoms. The highest BCUT2D eigenvalue weighted by Gasteiger charge is 2.30. The summed E-state index contributed by atoms with van der Waals surface area (Å²) in [4.78, 5) is 9.50. The van der Waals surface area contributed by atoms with Crippen LogP contribution in [0.5, 0.6) is 0 Å². The maximum atomic E-state index is 5.92. The second-order valence-electron chi connectivity index (χ2n) is 5.30. The van der Waals surface area contributed by atoms with Crippen LogP contribution in [-0.4, -0.2) is 23.1 Å². The van der Waals surface area contributed by atoms with E-state index in [1.807, 2.05) is 6.92 Å². The third-order valence-corrected chi connectivity index (χ3v) is 4.44. The second-order valence-corrected chi connectivity index (χ2v) is 6.38. The zero-order valence-corrected chi connectivity index (χ0v) is 15.5. The predicted molar refractivity (Wildman–Crippen MR) is 92.3 cm³/mol. The monoisotopic (exact) mass is 391 g/mol. The maximum Gasteiger partial charge on any atom is 0.162 e. The van der Waals surface area contributed by atoms with Gasteiger partial charge < -0.3 is 10.1 Å². The zero-order chi connectivity index (χ0) is 15.3. The highest BCUT2D eigenvalue weighted by Crippen LogP contribution is 2.31. The molecule has 0 aromatic carbocycles. The number of halogens is 1. The van der Waals surface area contributed by atoms with E-state index >= 15 is 0 Å². The number of anilines is 1. The third-order valence-electron chi connectivity index (χ3n) is 3.38. The lowest BCUT2D eigenvalue weighted by atomic mass is 10.0. The first-order valence-corrected chi connectivity index (χ1v) is 8.43. The molecule has 1 rings (SSSR count). The molecule has 0 saturated carbocycles. The minimum atomic E-state index is -0.424. The van der Waals surface area contributed by atoms with Crippen molar-refractivity contribution in [2.45, 2.75) is 59.5 Å². The van der Waals surface area contributed by atoms with Gasteiger partial charge in [0.1, 0.15) is 11.4 Å². The molecule has 114 valence electrons. The molecule has 1 aromatic heterocycles. The van der Waals surface area contributed by atoms with Crippen molar-refractivity contribution in [2.24, 2.45) is 0 Å². The van der Waals surface area contributed by atoms with Crippen LogP contribution in [0.1, 0.15) is 65.4 Å². The number of aromatic nitrogens is 2. The molecule has 1 atom stereocenters. The summed E-state index contributed by atoms with van der Waals surface area (Å²) in [5.41, 5.74) is 0.665. The molecule has 0 saturated heterocycles. The first-order valence-electron chi connectivity index (χ1n) is 7.35. The lowest BCUT2D eigenvalue weighted by molar-refractivity contribution is -0.0391. The molecule has 0 aliphatic carbocycles.